The van der Waals surface area contributed by atoms with Crippen molar-refractivity contribution in [3.05, 3.63) is 58.7 Å². The average molecular weight is 403 g/mol. The number of ether oxygens (including phenoxy) is 1. The number of thiazole rings is 1. The van der Waals surface area contributed by atoms with Crippen LogP contribution in [0.1, 0.15) is 11.1 Å². The summed E-state index contributed by atoms with van der Waals surface area (Å²) in [5, 5.41) is 15.7. The van der Waals surface area contributed by atoms with Gasteiger partial charge in [-0.05, 0) is 36.7 Å². The Morgan fingerprint density at radius 1 is 1.17 bits per heavy atom. The van der Waals surface area contributed by atoms with Gasteiger partial charge in [0, 0.05) is 30.9 Å². The summed E-state index contributed by atoms with van der Waals surface area (Å²) in [4.78, 5) is 13.1. The molecule has 0 unspecified atom stereocenters. The van der Waals surface area contributed by atoms with Crippen molar-refractivity contribution in [2.24, 2.45) is 12.8 Å². The molecule has 0 amide bonds. The van der Waals surface area contributed by atoms with Crippen LogP contribution in [0.5, 0.6) is 11.6 Å². The summed E-state index contributed by atoms with van der Waals surface area (Å²) in [5.41, 5.74) is 11.0. The van der Waals surface area contributed by atoms with E-state index in [-0.39, 0.29) is 0 Å². The normalized spacial score (nSPS) is 10.7. The van der Waals surface area contributed by atoms with Crippen molar-refractivity contribution in [3.63, 3.8) is 0 Å². The molecule has 0 radical (unpaired) electrons. The summed E-state index contributed by atoms with van der Waals surface area (Å²) in [6, 6.07) is 9.10. The predicted octanol–water partition coefficient (Wildman–Crippen LogP) is 3.17. The fraction of sp³-hybridized carbons (Fsp3) is 0.150. The van der Waals surface area contributed by atoms with Gasteiger partial charge in [-0.2, -0.15) is 10.4 Å². The van der Waals surface area contributed by atoms with Gasteiger partial charge in [0.2, 0.25) is 5.88 Å². The van der Waals surface area contributed by atoms with Gasteiger partial charge in [0.15, 0.2) is 5.82 Å². The quantitative estimate of drug-likeness (QED) is 0.526. The minimum absolute atomic E-state index is 0.475. The van der Waals surface area contributed by atoms with Crippen molar-refractivity contribution in [3.8, 4) is 40.5 Å². The first-order chi connectivity index (χ1) is 14.2. The molecule has 1 aromatic carbocycles. The van der Waals surface area contributed by atoms with E-state index in [1.807, 2.05) is 11.4 Å². The molecule has 0 aliphatic heterocycles. The Bertz CT molecular complexity index is 1160. The average Bonchev–Trinajstić information content (AvgIpc) is 3.39. The molecule has 0 fully saturated rings. The fourth-order valence-corrected chi connectivity index (χ4v) is 3.32. The van der Waals surface area contributed by atoms with Crippen LogP contribution in [0.4, 0.5) is 0 Å². The number of rotatable bonds is 6. The van der Waals surface area contributed by atoms with Crippen LogP contribution in [0.25, 0.3) is 22.8 Å². The largest absolute Gasteiger partial charge is 0.438 e. The molecule has 29 heavy (non-hydrogen) atoms. The number of hydrogen-bond acceptors (Lipinski definition) is 8. The van der Waals surface area contributed by atoms with E-state index in [4.69, 9.17) is 10.5 Å². The Labute approximate surface area is 171 Å². The van der Waals surface area contributed by atoms with E-state index in [1.54, 1.807) is 47.8 Å². The van der Waals surface area contributed by atoms with Gasteiger partial charge < -0.3 is 10.5 Å². The summed E-state index contributed by atoms with van der Waals surface area (Å²) < 4.78 is 7.75. The smallest absolute Gasteiger partial charge is 0.218 e. The highest BCUT2D eigenvalue weighted by Gasteiger charge is 2.15. The molecule has 9 heteroatoms. The highest BCUT2D eigenvalue weighted by molar-refractivity contribution is 7.07. The van der Waals surface area contributed by atoms with E-state index in [0.717, 1.165) is 11.3 Å². The molecular weight excluding hydrogens is 386 g/mol. The van der Waals surface area contributed by atoms with Gasteiger partial charge in [-0.3, -0.25) is 0 Å². The maximum atomic E-state index is 9.30. The van der Waals surface area contributed by atoms with E-state index in [1.165, 1.54) is 11.3 Å². The van der Waals surface area contributed by atoms with Gasteiger partial charge in [-0.25, -0.2) is 19.6 Å². The molecule has 4 aromatic rings. The predicted molar refractivity (Wildman–Crippen MR) is 109 cm³/mol. The molecule has 0 saturated carbocycles. The second kappa shape index (κ2) is 8.18. The highest BCUT2D eigenvalue weighted by Crippen LogP contribution is 2.33. The van der Waals surface area contributed by atoms with E-state index < -0.39 is 0 Å². The lowest BCUT2D eigenvalue weighted by Crippen LogP contribution is -2.04. The Morgan fingerprint density at radius 2 is 2.00 bits per heavy atom. The third kappa shape index (κ3) is 3.99. The third-order valence-electron chi connectivity index (χ3n) is 4.24. The topological polar surface area (TPSA) is 116 Å². The van der Waals surface area contributed by atoms with Crippen LogP contribution in [0, 0.1) is 11.3 Å². The van der Waals surface area contributed by atoms with Crippen LogP contribution in [0.15, 0.2) is 47.5 Å². The number of nitrogens with zero attached hydrogens (tertiary/aromatic N) is 6. The second-order valence-corrected chi connectivity index (χ2v) is 6.96. The number of nitriles is 1. The standard InChI is InChI=1S/C20H17N7OS/c1-27-19(7-16(26-27)17-11-29-12-25-17)28-18-6-13(8-22)2-3-15(18)20-23-9-14(4-5-21)10-24-20/h2-3,6-7,9-12H,4-5,21H2,1H3. The monoisotopic (exact) mass is 403 g/mol. The number of nitrogens with two attached hydrogens (primary N) is 1. The maximum absolute atomic E-state index is 9.30. The SMILES string of the molecule is Cn1nc(-c2cscn2)cc1Oc1cc(C#N)ccc1-c1ncc(CCN)cn1. The van der Waals surface area contributed by atoms with Crippen LogP contribution in [0.3, 0.4) is 0 Å². The van der Waals surface area contributed by atoms with Crippen molar-refractivity contribution in [2.75, 3.05) is 6.54 Å². The molecule has 4 rings (SSSR count). The first-order valence-electron chi connectivity index (χ1n) is 8.84. The first-order valence-corrected chi connectivity index (χ1v) is 9.78. The minimum atomic E-state index is 0.475. The number of aromatic nitrogens is 5. The number of hydrogen-bond donors (Lipinski definition) is 1. The molecule has 0 aliphatic rings. The fourth-order valence-electron chi connectivity index (χ4n) is 2.77. The van der Waals surface area contributed by atoms with E-state index in [9.17, 15) is 5.26 Å². The van der Waals surface area contributed by atoms with Crippen molar-refractivity contribution in [1.82, 2.24) is 24.7 Å². The zero-order valence-electron chi connectivity index (χ0n) is 15.6. The molecule has 0 aliphatic carbocycles. The van der Waals surface area contributed by atoms with E-state index in [0.29, 0.717) is 47.2 Å². The molecule has 3 aromatic heterocycles. The lowest BCUT2D eigenvalue weighted by atomic mass is 10.1. The van der Waals surface area contributed by atoms with Gasteiger partial charge in [0.1, 0.15) is 17.1 Å². The zero-order chi connectivity index (χ0) is 20.2. The molecule has 0 atom stereocenters. The first kappa shape index (κ1) is 18.7. The third-order valence-corrected chi connectivity index (χ3v) is 4.82. The van der Waals surface area contributed by atoms with Crippen LogP contribution in [0.2, 0.25) is 0 Å². The maximum Gasteiger partial charge on any atom is 0.218 e. The minimum Gasteiger partial charge on any atom is -0.438 e. The number of aryl methyl sites for hydroxylation is 1. The molecule has 0 saturated heterocycles. The molecule has 2 N–H and O–H groups in total. The van der Waals surface area contributed by atoms with Crippen LogP contribution >= 0.6 is 11.3 Å². The van der Waals surface area contributed by atoms with Crippen LogP contribution in [-0.2, 0) is 13.5 Å². The summed E-state index contributed by atoms with van der Waals surface area (Å²) in [6.07, 6.45) is 4.22. The van der Waals surface area contributed by atoms with Gasteiger partial charge in [0.25, 0.3) is 0 Å². The second-order valence-electron chi connectivity index (χ2n) is 6.24. The Kier molecular flexibility index (Phi) is 5.29. The Balaban J connectivity index is 1.71. The molecule has 8 nitrogen and oxygen atoms in total. The molecule has 144 valence electrons. The van der Waals surface area contributed by atoms with Gasteiger partial charge >= 0.3 is 0 Å². The summed E-state index contributed by atoms with van der Waals surface area (Å²) >= 11 is 1.50. The van der Waals surface area contributed by atoms with Gasteiger partial charge in [-0.15, -0.1) is 11.3 Å². The van der Waals surface area contributed by atoms with E-state index in [2.05, 4.69) is 26.1 Å². The zero-order valence-corrected chi connectivity index (χ0v) is 16.4. The van der Waals surface area contributed by atoms with Crippen LogP contribution < -0.4 is 10.5 Å². The Morgan fingerprint density at radius 3 is 2.69 bits per heavy atom. The van der Waals surface area contributed by atoms with E-state index >= 15 is 0 Å². The molecule has 3 heterocycles. The van der Waals surface area contributed by atoms with Crippen molar-refractivity contribution in [2.45, 2.75) is 6.42 Å². The molecular formula is C20H17N7OS. The summed E-state index contributed by atoms with van der Waals surface area (Å²) in [6.45, 7) is 0.537. The van der Waals surface area contributed by atoms with Crippen molar-refractivity contribution in [1.29, 1.82) is 5.26 Å². The van der Waals surface area contributed by atoms with Gasteiger partial charge in [-0.1, -0.05) is 0 Å². The van der Waals surface area contributed by atoms with Crippen molar-refractivity contribution >= 4 is 11.3 Å². The lowest BCUT2D eigenvalue weighted by molar-refractivity contribution is 0.432. The lowest BCUT2D eigenvalue weighted by Gasteiger charge is -2.11. The van der Waals surface area contributed by atoms with Crippen molar-refractivity contribution < 1.29 is 4.74 Å². The summed E-state index contributed by atoms with van der Waals surface area (Å²) in [5.74, 6) is 1.50. The highest BCUT2D eigenvalue weighted by atomic mass is 32.1. The number of benzene rings is 1. The molecule has 0 bridgehead atoms. The Hall–Kier alpha value is -3.61. The summed E-state index contributed by atoms with van der Waals surface area (Å²) in [7, 11) is 1.79. The van der Waals surface area contributed by atoms with Gasteiger partial charge in [0.05, 0.1) is 22.7 Å². The molecule has 0 spiro atoms. The van der Waals surface area contributed by atoms with Crippen LogP contribution in [-0.4, -0.2) is 31.3 Å².